The minimum absolute atomic E-state index is 0.0554. The minimum Gasteiger partial charge on any atom is -0.480 e. The van der Waals surface area contributed by atoms with E-state index in [0.717, 1.165) is 19.3 Å². The van der Waals surface area contributed by atoms with E-state index < -0.39 is 12.0 Å². The van der Waals surface area contributed by atoms with Crippen molar-refractivity contribution in [1.82, 2.24) is 10.6 Å². The highest BCUT2D eigenvalue weighted by atomic mass is 16.4. The number of hydrogen-bond acceptors (Lipinski definition) is 3. The first kappa shape index (κ1) is 15.3. The Labute approximate surface area is 120 Å². The van der Waals surface area contributed by atoms with Crippen molar-refractivity contribution in [1.29, 1.82) is 0 Å². The van der Waals surface area contributed by atoms with Gasteiger partial charge in [0.2, 0.25) is 5.91 Å². The summed E-state index contributed by atoms with van der Waals surface area (Å²) in [4.78, 5) is 23.6. The zero-order chi connectivity index (χ0) is 14.7. The summed E-state index contributed by atoms with van der Waals surface area (Å²) >= 11 is 0. The Morgan fingerprint density at radius 2 is 2.05 bits per heavy atom. The van der Waals surface area contributed by atoms with Crippen molar-refractivity contribution in [3.8, 4) is 0 Å². The van der Waals surface area contributed by atoms with E-state index in [4.69, 9.17) is 0 Å². The molecule has 5 atom stereocenters. The average Bonchev–Trinajstić information content (AvgIpc) is 2.87. The second-order valence-electron chi connectivity index (χ2n) is 6.32. The Balaban J connectivity index is 1.92. The molecule has 1 amide bonds. The number of fused-ring (bicyclic) bond motifs is 1. The molecular formula is C15H26N2O3. The Kier molecular flexibility index (Phi) is 5.02. The highest BCUT2D eigenvalue weighted by Crippen LogP contribution is 2.33. The number of nitrogens with one attached hydrogen (secondary N) is 2. The number of aliphatic carboxylic acids is 1. The van der Waals surface area contributed by atoms with E-state index in [-0.39, 0.29) is 17.9 Å². The van der Waals surface area contributed by atoms with Gasteiger partial charge in [0.1, 0.15) is 6.04 Å². The van der Waals surface area contributed by atoms with Crippen molar-refractivity contribution < 1.29 is 14.7 Å². The average molecular weight is 282 g/mol. The number of carboxylic acid groups (broad SMARTS) is 1. The molecule has 0 spiro atoms. The van der Waals surface area contributed by atoms with Gasteiger partial charge in [-0.1, -0.05) is 33.1 Å². The zero-order valence-corrected chi connectivity index (χ0v) is 12.4. The summed E-state index contributed by atoms with van der Waals surface area (Å²) in [6.45, 7) is 3.80. The molecule has 20 heavy (non-hydrogen) atoms. The number of rotatable bonds is 5. The molecule has 0 aromatic heterocycles. The summed E-state index contributed by atoms with van der Waals surface area (Å²) in [6.07, 6.45) is 6.40. The van der Waals surface area contributed by atoms with Crippen LogP contribution in [0.5, 0.6) is 0 Å². The van der Waals surface area contributed by atoms with Crippen LogP contribution in [0.2, 0.25) is 0 Å². The molecule has 4 unspecified atom stereocenters. The van der Waals surface area contributed by atoms with Gasteiger partial charge in [-0.25, -0.2) is 4.79 Å². The van der Waals surface area contributed by atoms with Crippen LogP contribution in [0.3, 0.4) is 0 Å². The fourth-order valence-electron chi connectivity index (χ4n) is 3.46. The summed E-state index contributed by atoms with van der Waals surface area (Å²) in [7, 11) is 0. The molecule has 1 heterocycles. The summed E-state index contributed by atoms with van der Waals surface area (Å²) in [5.74, 6) is -0.554. The maximum absolute atomic E-state index is 12.3. The smallest absolute Gasteiger partial charge is 0.326 e. The third-order valence-corrected chi connectivity index (χ3v) is 4.96. The molecule has 0 aromatic rings. The van der Waals surface area contributed by atoms with E-state index in [9.17, 15) is 14.7 Å². The van der Waals surface area contributed by atoms with Crippen LogP contribution in [0.15, 0.2) is 0 Å². The largest absolute Gasteiger partial charge is 0.480 e. The summed E-state index contributed by atoms with van der Waals surface area (Å²) in [6, 6.07) is -0.544. The lowest BCUT2D eigenvalue weighted by atomic mass is 9.85. The monoisotopic (exact) mass is 282 g/mol. The van der Waals surface area contributed by atoms with Gasteiger partial charge in [0, 0.05) is 6.04 Å². The number of amides is 1. The lowest BCUT2D eigenvalue weighted by Crippen LogP contribution is -2.51. The molecule has 2 rings (SSSR count). The van der Waals surface area contributed by atoms with Crippen LogP contribution in [0, 0.1) is 11.8 Å². The Bertz CT molecular complexity index is 358. The maximum Gasteiger partial charge on any atom is 0.326 e. The first-order valence-electron chi connectivity index (χ1n) is 7.82. The molecule has 5 heteroatoms. The van der Waals surface area contributed by atoms with Gasteiger partial charge in [-0.15, -0.1) is 0 Å². The van der Waals surface area contributed by atoms with Gasteiger partial charge >= 0.3 is 5.97 Å². The Morgan fingerprint density at radius 3 is 2.65 bits per heavy atom. The van der Waals surface area contributed by atoms with Crippen molar-refractivity contribution in [2.45, 2.75) is 70.5 Å². The summed E-state index contributed by atoms with van der Waals surface area (Å²) < 4.78 is 0. The second-order valence-corrected chi connectivity index (χ2v) is 6.32. The van der Waals surface area contributed by atoms with Crippen LogP contribution in [0.4, 0.5) is 0 Å². The Morgan fingerprint density at radius 1 is 1.35 bits per heavy atom. The van der Waals surface area contributed by atoms with Crippen molar-refractivity contribution >= 4 is 11.9 Å². The van der Waals surface area contributed by atoms with Crippen molar-refractivity contribution in [2.75, 3.05) is 0 Å². The maximum atomic E-state index is 12.3. The van der Waals surface area contributed by atoms with Gasteiger partial charge < -0.3 is 15.7 Å². The van der Waals surface area contributed by atoms with Gasteiger partial charge in [-0.05, 0) is 31.1 Å². The fourth-order valence-corrected chi connectivity index (χ4v) is 3.46. The number of hydrogen-bond donors (Lipinski definition) is 3. The van der Waals surface area contributed by atoms with Crippen LogP contribution in [-0.2, 0) is 9.59 Å². The highest BCUT2D eigenvalue weighted by Gasteiger charge is 2.39. The van der Waals surface area contributed by atoms with E-state index >= 15 is 0 Å². The minimum atomic E-state index is -0.942. The van der Waals surface area contributed by atoms with Gasteiger partial charge in [-0.2, -0.15) is 0 Å². The van der Waals surface area contributed by atoms with Crippen LogP contribution >= 0.6 is 0 Å². The fraction of sp³-hybridized carbons (Fsp3) is 0.867. The molecule has 2 fully saturated rings. The Hall–Kier alpha value is -1.10. The molecule has 0 aromatic carbocycles. The van der Waals surface area contributed by atoms with E-state index in [0.29, 0.717) is 12.0 Å². The third kappa shape index (κ3) is 3.32. The molecule has 0 radical (unpaired) electrons. The van der Waals surface area contributed by atoms with Gasteiger partial charge in [0.15, 0.2) is 0 Å². The summed E-state index contributed by atoms with van der Waals surface area (Å²) in [5.41, 5.74) is 0. The summed E-state index contributed by atoms with van der Waals surface area (Å²) in [5, 5.41) is 15.3. The van der Waals surface area contributed by atoms with Crippen molar-refractivity contribution in [3.05, 3.63) is 0 Å². The SMILES string of the molecule is CCC(C)[C@H](NC(=O)C1CC2CCCCC2N1)C(=O)O. The first-order chi connectivity index (χ1) is 9.52. The topological polar surface area (TPSA) is 78.4 Å². The molecule has 0 bridgehead atoms. The molecule has 1 aliphatic carbocycles. The van der Waals surface area contributed by atoms with E-state index in [2.05, 4.69) is 10.6 Å². The third-order valence-electron chi connectivity index (χ3n) is 4.96. The molecule has 114 valence electrons. The molecule has 1 saturated heterocycles. The molecule has 3 N–H and O–H groups in total. The molecular weight excluding hydrogens is 256 g/mol. The van der Waals surface area contributed by atoms with Crippen LogP contribution in [0.25, 0.3) is 0 Å². The highest BCUT2D eigenvalue weighted by molar-refractivity contribution is 5.87. The lowest BCUT2D eigenvalue weighted by Gasteiger charge is -2.24. The first-order valence-corrected chi connectivity index (χ1v) is 7.82. The van der Waals surface area contributed by atoms with Crippen LogP contribution in [0.1, 0.15) is 52.4 Å². The molecule has 1 aliphatic heterocycles. The van der Waals surface area contributed by atoms with Crippen LogP contribution in [-0.4, -0.2) is 35.1 Å². The van der Waals surface area contributed by atoms with Gasteiger partial charge in [0.05, 0.1) is 6.04 Å². The lowest BCUT2D eigenvalue weighted by molar-refractivity contribution is -0.143. The van der Waals surface area contributed by atoms with Gasteiger partial charge in [0.25, 0.3) is 0 Å². The predicted octanol–water partition coefficient (Wildman–Crippen LogP) is 1.52. The van der Waals surface area contributed by atoms with Crippen LogP contribution < -0.4 is 10.6 Å². The second kappa shape index (κ2) is 6.57. The zero-order valence-electron chi connectivity index (χ0n) is 12.4. The number of carbonyl (C=O) groups is 2. The number of carboxylic acids is 1. The standard InChI is InChI=1S/C15H26N2O3/c1-3-9(2)13(15(19)20)17-14(18)12-8-10-6-4-5-7-11(10)16-12/h9-13,16H,3-8H2,1-2H3,(H,17,18)(H,19,20)/t9?,10?,11?,12?,13-/m0/s1. The van der Waals surface area contributed by atoms with E-state index in [1.54, 1.807) is 0 Å². The quantitative estimate of drug-likeness (QED) is 0.714. The molecule has 5 nitrogen and oxygen atoms in total. The molecule has 2 aliphatic rings. The van der Waals surface area contributed by atoms with E-state index in [1.807, 2.05) is 13.8 Å². The number of carbonyl (C=O) groups excluding carboxylic acids is 1. The van der Waals surface area contributed by atoms with Gasteiger partial charge in [-0.3, -0.25) is 4.79 Å². The van der Waals surface area contributed by atoms with Crippen molar-refractivity contribution in [3.63, 3.8) is 0 Å². The van der Waals surface area contributed by atoms with Crippen molar-refractivity contribution in [2.24, 2.45) is 11.8 Å². The predicted molar refractivity (Wildman–Crippen MR) is 76.3 cm³/mol. The normalized spacial score (nSPS) is 32.2. The molecule has 1 saturated carbocycles. The van der Waals surface area contributed by atoms with E-state index in [1.165, 1.54) is 19.3 Å².